The molecule has 1 heterocycles. The van der Waals surface area contributed by atoms with E-state index in [2.05, 4.69) is 56.9 Å². The molecule has 104 valence electrons. The van der Waals surface area contributed by atoms with E-state index in [-0.39, 0.29) is 5.54 Å². The number of hydrogen-bond donors (Lipinski definition) is 0. The van der Waals surface area contributed by atoms with Gasteiger partial charge in [-0.2, -0.15) is 0 Å². The van der Waals surface area contributed by atoms with Gasteiger partial charge in [0.2, 0.25) is 0 Å². The van der Waals surface area contributed by atoms with Crippen molar-refractivity contribution in [1.82, 2.24) is 4.90 Å². The zero-order chi connectivity index (χ0) is 13.6. The summed E-state index contributed by atoms with van der Waals surface area (Å²) in [6, 6.07) is 9.85. The van der Waals surface area contributed by atoms with Gasteiger partial charge in [-0.1, -0.05) is 31.2 Å². The van der Waals surface area contributed by atoms with Crippen LogP contribution in [0.5, 0.6) is 0 Å². The van der Waals surface area contributed by atoms with Gasteiger partial charge >= 0.3 is 0 Å². The summed E-state index contributed by atoms with van der Waals surface area (Å²) in [5.41, 5.74) is 3.53. The summed E-state index contributed by atoms with van der Waals surface area (Å²) in [6.45, 7) is 10.7. The van der Waals surface area contributed by atoms with Gasteiger partial charge in [0.25, 0.3) is 0 Å². The van der Waals surface area contributed by atoms with E-state index < -0.39 is 0 Å². The molecule has 2 fully saturated rings. The lowest BCUT2D eigenvalue weighted by atomic mass is 9.93. The molecule has 0 aromatic heterocycles. The summed E-state index contributed by atoms with van der Waals surface area (Å²) in [6.07, 6.45) is 4.06. The minimum absolute atomic E-state index is 0.281. The molecule has 1 heteroatoms. The molecule has 2 aliphatic rings. The Morgan fingerprint density at radius 1 is 1.11 bits per heavy atom. The monoisotopic (exact) mass is 257 g/mol. The quantitative estimate of drug-likeness (QED) is 0.739. The van der Waals surface area contributed by atoms with Gasteiger partial charge in [0.15, 0.2) is 0 Å². The van der Waals surface area contributed by atoms with Gasteiger partial charge in [-0.15, -0.1) is 0 Å². The van der Waals surface area contributed by atoms with Crippen LogP contribution in [-0.2, 0) is 0 Å². The fourth-order valence-corrected chi connectivity index (χ4v) is 3.80. The Bertz CT molecular complexity index is 457. The maximum absolute atomic E-state index is 2.71. The first-order valence-corrected chi connectivity index (χ1v) is 7.84. The molecule has 0 N–H and O–H groups in total. The molecule has 19 heavy (non-hydrogen) atoms. The molecule has 0 bridgehead atoms. The molecule has 1 aliphatic carbocycles. The highest BCUT2D eigenvalue weighted by atomic mass is 15.2. The third kappa shape index (κ3) is 2.45. The molecule has 3 atom stereocenters. The highest BCUT2D eigenvalue weighted by Crippen LogP contribution is 2.50. The zero-order valence-corrected chi connectivity index (χ0v) is 12.8. The van der Waals surface area contributed by atoms with Crippen LogP contribution in [-0.4, -0.2) is 17.0 Å². The van der Waals surface area contributed by atoms with E-state index in [9.17, 15) is 0 Å². The minimum atomic E-state index is 0.281. The number of likely N-dealkylation sites (tertiary alicyclic amines) is 1. The maximum atomic E-state index is 2.71. The lowest BCUT2D eigenvalue weighted by Gasteiger charge is -2.38. The van der Waals surface area contributed by atoms with Crippen molar-refractivity contribution in [2.75, 3.05) is 6.54 Å². The maximum Gasteiger partial charge on any atom is 0.0356 e. The smallest absolute Gasteiger partial charge is 0.0356 e. The Hall–Kier alpha value is -0.820. The summed E-state index contributed by atoms with van der Waals surface area (Å²) in [4.78, 5) is 2.71. The van der Waals surface area contributed by atoms with E-state index >= 15 is 0 Å². The van der Waals surface area contributed by atoms with Gasteiger partial charge < -0.3 is 0 Å². The second-order valence-corrected chi connectivity index (χ2v) is 7.47. The van der Waals surface area contributed by atoms with Crippen molar-refractivity contribution in [3.05, 3.63) is 35.4 Å². The van der Waals surface area contributed by atoms with Gasteiger partial charge in [-0.3, -0.25) is 4.90 Å². The molecule has 3 rings (SSSR count). The van der Waals surface area contributed by atoms with Crippen molar-refractivity contribution >= 4 is 0 Å². The van der Waals surface area contributed by atoms with Crippen molar-refractivity contribution in [3.63, 3.8) is 0 Å². The molecule has 1 aromatic rings. The third-order valence-corrected chi connectivity index (χ3v) is 4.98. The van der Waals surface area contributed by atoms with Crippen LogP contribution in [0, 0.1) is 5.92 Å². The lowest BCUT2D eigenvalue weighted by Crippen LogP contribution is -2.40. The average Bonchev–Trinajstić information content (AvgIpc) is 2.90. The first-order valence-electron chi connectivity index (χ1n) is 7.84. The first-order chi connectivity index (χ1) is 8.98. The topological polar surface area (TPSA) is 3.24 Å². The van der Waals surface area contributed by atoms with Crippen molar-refractivity contribution in [1.29, 1.82) is 0 Å². The number of benzene rings is 1. The zero-order valence-electron chi connectivity index (χ0n) is 12.8. The summed E-state index contributed by atoms with van der Waals surface area (Å²) >= 11 is 0. The Kier molecular flexibility index (Phi) is 3.21. The molecule has 2 unspecified atom stereocenters. The molecular weight excluding hydrogens is 230 g/mol. The Labute approximate surface area is 118 Å². The van der Waals surface area contributed by atoms with Crippen LogP contribution in [0.3, 0.4) is 0 Å². The molecule has 1 saturated carbocycles. The summed E-state index contributed by atoms with van der Waals surface area (Å²) in [5, 5.41) is 0. The van der Waals surface area contributed by atoms with Crippen LogP contribution in [0.4, 0.5) is 0 Å². The highest BCUT2D eigenvalue weighted by Gasteiger charge is 2.39. The van der Waals surface area contributed by atoms with E-state index in [1.165, 1.54) is 25.8 Å². The van der Waals surface area contributed by atoms with Gasteiger partial charge in [0, 0.05) is 11.6 Å². The van der Waals surface area contributed by atoms with E-state index in [4.69, 9.17) is 0 Å². The highest BCUT2D eigenvalue weighted by molar-refractivity contribution is 5.37. The second-order valence-electron chi connectivity index (χ2n) is 7.47. The van der Waals surface area contributed by atoms with E-state index in [0.29, 0.717) is 6.04 Å². The number of hydrogen-bond acceptors (Lipinski definition) is 1. The van der Waals surface area contributed by atoms with Crippen LogP contribution in [0.25, 0.3) is 0 Å². The van der Waals surface area contributed by atoms with Crippen LogP contribution >= 0.6 is 0 Å². The average molecular weight is 257 g/mol. The molecule has 0 radical (unpaired) electrons. The fourth-order valence-electron chi connectivity index (χ4n) is 3.80. The fraction of sp³-hybridized carbons (Fsp3) is 0.667. The summed E-state index contributed by atoms with van der Waals surface area (Å²) in [5.74, 6) is 1.73. The molecule has 1 aromatic carbocycles. The van der Waals surface area contributed by atoms with Crippen LogP contribution < -0.4 is 0 Å². The van der Waals surface area contributed by atoms with Gasteiger partial charge in [-0.25, -0.2) is 0 Å². The SMILES string of the molecule is CC1CC1c1ccccc1[C@@H]1CCCN1C(C)(C)C. The van der Waals surface area contributed by atoms with Crippen LogP contribution in [0.2, 0.25) is 0 Å². The predicted molar refractivity (Wildman–Crippen MR) is 81.4 cm³/mol. The molecular formula is C18H27N. The van der Waals surface area contributed by atoms with E-state index in [0.717, 1.165) is 11.8 Å². The predicted octanol–water partition coefficient (Wildman–Crippen LogP) is 4.75. The Balaban J connectivity index is 1.93. The second kappa shape index (κ2) is 4.63. The van der Waals surface area contributed by atoms with Crippen molar-refractivity contribution < 1.29 is 0 Å². The number of rotatable bonds is 2. The van der Waals surface area contributed by atoms with Gasteiger partial charge in [0.05, 0.1) is 0 Å². The molecule has 1 saturated heterocycles. The van der Waals surface area contributed by atoms with E-state index in [1.807, 2.05) is 0 Å². The molecule has 0 spiro atoms. The van der Waals surface area contributed by atoms with Gasteiger partial charge in [-0.05, 0) is 69.5 Å². The number of nitrogens with zero attached hydrogens (tertiary/aromatic N) is 1. The lowest BCUT2D eigenvalue weighted by molar-refractivity contribution is 0.121. The summed E-state index contributed by atoms with van der Waals surface area (Å²) in [7, 11) is 0. The minimum Gasteiger partial charge on any atom is -0.291 e. The standard InChI is InChI=1S/C18H27N/c1-13-12-16(13)14-8-5-6-9-15(14)17-10-7-11-19(17)18(2,3)4/h5-6,8-9,13,16-17H,7,10-12H2,1-4H3/t13?,16?,17-/m0/s1. The molecule has 1 aliphatic heterocycles. The Morgan fingerprint density at radius 2 is 1.74 bits per heavy atom. The third-order valence-electron chi connectivity index (χ3n) is 4.98. The first kappa shape index (κ1) is 13.2. The largest absolute Gasteiger partial charge is 0.291 e. The Morgan fingerprint density at radius 3 is 2.32 bits per heavy atom. The molecule has 0 amide bonds. The van der Waals surface area contributed by atoms with Crippen molar-refractivity contribution in [3.8, 4) is 0 Å². The normalized spacial score (nSPS) is 31.7. The summed E-state index contributed by atoms with van der Waals surface area (Å²) < 4.78 is 0. The van der Waals surface area contributed by atoms with E-state index in [1.54, 1.807) is 11.1 Å². The van der Waals surface area contributed by atoms with Crippen molar-refractivity contribution in [2.24, 2.45) is 5.92 Å². The van der Waals surface area contributed by atoms with Crippen LogP contribution in [0.15, 0.2) is 24.3 Å². The van der Waals surface area contributed by atoms with Crippen molar-refractivity contribution in [2.45, 2.75) is 64.5 Å². The van der Waals surface area contributed by atoms with Crippen LogP contribution in [0.1, 0.15) is 70.0 Å². The molecule has 1 nitrogen and oxygen atoms in total. The van der Waals surface area contributed by atoms with Gasteiger partial charge in [0.1, 0.15) is 0 Å².